The Morgan fingerprint density at radius 1 is 0.865 bits per heavy atom. The highest BCUT2D eigenvalue weighted by atomic mass is 32.2. The number of thiophene rings is 1. The zero-order valence-corrected chi connectivity index (χ0v) is 30.7. The molecule has 264 valence electrons. The van der Waals surface area contributed by atoms with Crippen LogP contribution in [0.2, 0.25) is 0 Å². The van der Waals surface area contributed by atoms with E-state index in [1.807, 2.05) is 42.6 Å². The summed E-state index contributed by atoms with van der Waals surface area (Å²) in [5.74, 6) is -0.203. The minimum Gasteiger partial charge on any atom is -0.493 e. The van der Waals surface area contributed by atoms with Crippen LogP contribution in [0.1, 0.15) is 34.0 Å². The van der Waals surface area contributed by atoms with E-state index in [1.165, 1.54) is 50.5 Å². The molecule has 3 N–H and O–H groups in total. The molecule has 0 saturated heterocycles. The number of nitriles is 1. The molecule has 12 heteroatoms. The van der Waals surface area contributed by atoms with Crippen molar-refractivity contribution >= 4 is 57.6 Å². The molecule has 0 fully saturated rings. The van der Waals surface area contributed by atoms with E-state index in [1.54, 1.807) is 67.6 Å². The summed E-state index contributed by atoms with van der Waals surface area (Å²) in [5.41, 5.74) is 4.48. The molecule has 0 bridgehead atoms. The number of hydrogen-bond donors (Lipinski definition) is 3. The van der Waals surface area contributed by atoms with E-state index in [4.69, 9.17) is 14.2 Å². The van der Waals surface area contributed by atoms with Gasteiger partial charge in [0.2, 0.25) is 11.7 Å². The van der Waals surface area contributed by atoms with E-state index in [0.717, 1.165) is 21.6 Å². The Kier molecular flexibility index (Phi) is 12.4. The first-order valence-corrected chi connectivity index (χ1v) is 17.8. The molecule has 0 saturated carbocycles. The molecule has 0 aliphatic rings. The number of hydrogen-bond acceptors (Lipinski definition) is 9. The van der Waals surface area contributed by atoms with Crippen molar-refractivity contribution in [1.82, 2.24) is 5.32 Å². The molecule has 0 radical (unpaired) electrons. The first-order chi connectivity index (χ1) is 25.1. The topological polar surface area (TPSA) is 139 Å². The highest BCUT2D eigenvalue weighted by Crippen LogP contribution is 2.39. The van der Waals surface area contributed by atoms with Crippen molar-refractivity contribution in [2.24, 2.45) is 0 Å². The second-order valence-corrected chi connectivity index (χ2v) is 13.7. The molecule has 1 aromatic heterocycles. The summed E-state index contributed by atoms with van der Waals surface area (Å²) in [6, 6.07) is 29.0. The van der Waals surface area contributed by atoms with Gasteiger partial charge < -0.3 is 30.2 Å². The van der Waals surface area contributed by atoms with Crippen LogP contribution in [0.3, 0.4) is 0 Å². The molecule has 4 aromatic carbocycles. The van der Waals surface area contributed by atoms with Crippen LogP contribution in [0.25, 0.3) is 17.2 Å². The third-order valence-corrected chi connectivity index (χ3v) is 9.79. The summed E-state index contributed by atoms with van der Waals surface area (Å²) in [4.78, 5) is 40.9. The first-order valence-electron chi connectivity index (χ1n) is 16.0. The van der Waals surface area contributed by atoms with E-state index in [9.17, 15) is 19.6 Å². The van der Waals surface area contributed by atoms with Crippen molar-refractivity contribution in [2.75, 3.05) is 32.0 Å². The third-order valence-electron chi connectivity index (χ3n) is 7.80. The highest BCUT2D eigenvalue weighted by molar-refractivity contribution is 8.00. The van der Waals surface area contributed by atoms with Crippen molar-refractivity contribution in [2.45, 2.75) is 24.0 Å². The Bertz CT molecular complexity index is 2130. The number of nitrogens with one attached hydrogen (secondary N) is 3. The molecule has 1 heterocycles. The fourth-order valence-electron chi connectivity index (χ4n) is 5.12. The Morgan fingerprint density at radius 2 is 1.56 bits per heavy atom. The number of rotatable bonds is 13. The number of benzene rings is 4. The van der Waals surface area contributed by atoms with Gasteiger partial charge in [-0.3, -0.25) is 14.4 Å². The minimum absolute atomic E-state index is 0.0387. The maximum atomic E-state index is 13.8. The van der Waals surface area contributed by atoms with Gasteiger partial charge in [-0.15, -0.1) is 23.1 Å². The van der Waals surface area contributed by atoms with E-state index in [2.05, 4.69) is 22.0 Å². The fraction of sp³-hybridized carbons (Fsp3) is 0.150. The van der Waals surface area contributed by atoms with Crippen LogP contribution in [0.4, 0.5) is 10.7 Å². The highest BCUT2D eigenvalue weighted by Gasteiger charge is 2.21. The summed E-state index contributed by atoms with van der Waals surface area (Å²) in [7, 11) is 4.46. The average molecular weight is 733 g/mol. The molecule has 52 heavy (non-hydrogen) atoms. The normalized spacial score (nSPS) is 11.5. The Morgan fingerprint density at radius 3 is 2.19 bits per heavy atom. The number of anilines is 2. The average Bonchev–Trinajstić information content (AvgIpc) is 3.56. The fourth-order valence-corrected chi connectivity index (χ4v) is 6.97. The summed E-state index contributed by atoms with van der Waals surface area (Å²) in [6.45, 7) is 3.76. The number of carbonyl (C=O) groups is 3. The molecule has 10 nitrogen and oxygen atoms in total. The number of thioether (sulfide) groups is 1. The Hall–Kier alpha value is -6.03. The number of amides is 3. The summed E-state index contributed by atoms with van der Waals surface area (Å²) < 4.78 is 16.4. The third kappa shape index (κ3) is 9.00. The second-order valence-electron chi connectivity index (χ2n) is 11.4. The van der Waals surface area contributed by atoms with Gasteiger partial charge in [0.05, 0.1) is 32.1 Å². The van der Waals surface area contributed by atoms with Gasteiger partial charge in [-0.25, -0.2) is 0 Å². The van der Waals surface area contributed by atoms with Crippen molar-refractivity contribution in [3.8, 4) is 34.4 Å². The van der Waals surface area contributed by atoms with Gasteiger partial charge in [0.1, 0.15) is 16.8 Å². The number of carbonyl (C=O) groups excluding carboxylic acids is 3. The van der Waals surface area contributed by atoms with Gasteiger partial charge >= 0.3 is 0 Å². The van der Waals surface area contributed by atoms with Crippen molar-refractivity contribution in [3.05, 3.63) is 124 Å². The van der Waals surface area contributed by atoms with E-state index < -0.39 is 17.1 Å². The number of methoxy groups -OCH3 is 3. The molecular weight excluding hydrogens is 697 g/mol. The van der Waals surface area contributed by atoms with Crippen molar-refractivity contribution in [3.63, 3.8) is 0 Å². The number of aryl methyl sites for hydroxylation is 1. The van der Waals surface area contributed by atoms with Gasteiger partial charge in [-0.2, -0.15) is 5.26 Å². The van der Waals surface area contributed by atoms with E-state index in [-0.39, 0.29) is 11.6 Å². The van der Waals surface area contributed by atoms with Crippen LogP contribution in [0.5, 0.6) is 17.2 Å². The van der Waals surface area contributed by atoms with Crippen LogP contribution in [0, 0.1) is 18.3 Å². The molecule has 3 amide bonds. The maximum Gasteiger partial charge on any atom is 0.272 e. The van der Waals surface area contributed by atoms with Crippen LogP contribution >= 0.6 is 23.1 Å². The predicted octanol–water partition coefficient (Wildman–Crippen LogP) is 8.15. The second kappa shape index (κ2) is 17.3. The van der Waals surface area contributed by atoms with Crippen molar-refractivity contribution in [1.29, 1.82) is 5.26 Å². The predicted molar refractivity (Wildman–Crippen MR) is 206 cm³/mol. The van der Waals surface area contributed by atoms with Gasteiger partial charge in [0.15, 0.2) is 11.5 Å². The lowest BCUT2D eigenvalue weighted by molar-refractivity contribution is -0.115. The van der Waals surface area contributed by atoms with Gasteiger partial charge in [0.25, 0.3) is 11.8 Å². The number of ether oxygens (including phenoxy) is 3. The van der Waals surface area contributed by atoms with Crippen LogP contribution < -0.4 is 30.2 Å². The smallest absolute Gasteiger partial charge is 0.272 e. The van der Waals surface area contributed by atoms with Crippen molar-refractivity contribution < 1.29 is 28.6 Å². The van der Waals surface area contributed by atoms with Crippen LogP contribution in [-0.2, 0) is 9.59 Å². The van der Waals surface area contributed by atoms with Crippen LogP contribution in [-0.4, -0.2) is 44.3 Å². The molecule has 0 spiro atoms. The lowest BCUT2D eigenvalue weighted by Crippen LogP contribution is -2.30. The molecular formula is C40H36N4O6S2. The zero-order chi connectivity index (χ0) is 37.2. The largest absolute Gasteiger partial charge is 0.493 e. The van der Waals surface area contributed by atoms with Gasteiger partial charge in [-0.05, 0) is 73.5 Å². The lowest BCUT2D eigenvalue weighted by atomic mass is 10.0. The van der Waals surface area contributed by atoms with E-state index >= 15 is 0 Å². The maximum absolute atomic E-state index is 13.8. The lowest BCUT2D eigenvalue weighted by Gasteiger charge is -2.15. The van der Waals surface area contributed by atoms with Gasteiger partial charge in [0, 0.05) is 27.1 Å². The molecule has 5 aromatic rings. The molecule has 1 atom stereocenters. The number of nitrogens with zero attached hydrogens (tertiary/aromatic N) is 1. The molecule has 1 unspecified atom stereocenters. The Labute approximate surface area is 310 Å². The van der Waals surface area contributed by atoms with Gasteiger partial charge in [-0.1, -0.05) is 54.1 Å². The quantitative estimate of drug-likeness (QED) is 0.0815. The Balaban J connectivity index is 1.33. The monoisotopic (exact) mass is 732 g/mol. The summed E-state index contributed by atoms with van der Waals surface area (Å²) in [6.07, 6.45) is 1.51. The summed E-state index contributed by atoms with van der Waals surface area (Å²) in [5, 5.41) is 20.2. The minimum atomic E-state index is -0.586. The first kappa shape index (κ1) is 37.2. The zero-order valence-electron chi connectivity index (χ0n) is 29.1. The molecule has 0 aliphatic heterocycles. The van der Waals surface area contributed by atoms with E-state index in [0.29, 0.717) is 44.6 Å². The summed E-state index contributed by atoms with van der Waals surface area (Å²) >= 11 is 2.60. The standard InChI is InChI=1S/C40H36N4O6S2/c1-24-14-16-27(17-15-24)32-23-51-40(31(32)22-41)44-37(45)25(2)52-30-13-9-12-29(21-30)42-39(47)33(43-38(46)28-10-7-6-8-11-28)18-26-19-34(48-3)36(50-5)35(20-26)49-4/h6-21,23,25H,1-5H3,(H,42,47)(H,43,46)(H,44,45)/b33-18+. The molecule has 5 rings (SSSR count). The SMILES string of the molecule is COc1cc(/C=C(/NC(=O)c2ccccc2)C(=O)Nc2cccc(SC(C)C(=O)Nc3scc(-c4ccc(C)cc4)c3C#N)c2)cc(OC)c1OC. The van der Waals surface area contributed by atoms with Crippen LogP contribution in [0.15, 0.2) is 107 Å². The molecule has 0 aliphatic carbocycles.